The molecule has 0 aliphatic carbocycles. The fourth-order valence-electron chi connectivity index (χ4n) is 6.95. The van der Waals surface area contributed by atoms with Crippen LogP contribution >= 0.6 is 23.1 Å². The summed E-state index contributed by atoms with van der Waals surface area (Å²) in [6.07, 6.45) is 3.37. The fourth-order valence-corrected chi connectivity index (χ4v) is 19.3. The zero-order valence-corrected chi connectivity index (χ0v) is 29.0. The Kier molecular flexibility index (Phi) is 10.4. The molecule has 0 radical (unpaired) electrons. The molecule has 0 saturated heterocycles. The SMILES string of the molecule is CC[P+](c1ccccc1)(c1ccccc1)C(C)(CP(c1ccccc1)c1ccccc1)CP(c1ccccc1)c1ccccc1. The van der Waals surface area contributed by atoms with E-state index in [2.05, 4.69) is 196 Å². The molecule has 3 heteroatoms. The lowest BCUT2D eigenvalue weighted by atomic mass is 10.2. The highest BCUT2D eigenvalue weighted by molar-refractivity contribution is 7.92. The molecule has 0 aliphatic heterocycles. The van der Waals surface area contributed by atoms with Crippen molar-refractivity contribution in [3.8, 4) is 0 Å². The molecule has 0 amide bonds. The molecule has 0 atom stereocenters. The van der Waals surface area contributed by atoms with Gasteiger partial charge in [0.05, 0.1) is 29.2 Å². The maximum Gasteiger partial charge on any atom is 0.0997 e. The second-order valence-electron chi connectivity index (χ2n) is 11.8. The fraction of sp³-hybridized carbons (Fsp3) is 0.143. The lowest BCUT2D eigenvalue weighted by Gasteiger charge is -2.46. The molecule has 0 nitrogen and oxygen atoms in total. The number of rotatable bonds is 12. The van der Waals surface area contributed by atoms with Crippen LogP contribution in [0, 0.1) is 0 Å². The minimum atomic E-state index is -1.96. The van der Waals surface area contributed by atoms with Crippen LogP contribution in [0.5, 0.6) is 0 Å². The molecular weight excluding hydrogens is 597 g/mol. The normalized spacial score (nSPS) is 12.0. The van der Waals surface area contributed by atoms with Crippen LogP contribution in [0.15, 0.2) is 182 Å². The second kappa shape index (κ2) is 14.8. The Balaban J connectivity index is 1.62. The smallest absolute Gasteiger partial charge is 0.0622 e. The van der Waals surface area contributed by atoms with Crippen molar-refractivity contribution in [1.29, 1.82) is 0 Å². The predicted molar refractivity (Wildman–Crippen MR) is 206 cm³/mol. The van der Waals surface area contributed by atoms with Crippen LogP contribution in [-0.2, 0) is 0 Å². The first-order chi connectivity index (χ1) is 22.1. The summed E-state index contributed by atoms with van der Waals surface area (Å²) in [5, 5.41) is 8.89. The van der Waals surface area contributed by atoms with Crippen LogP contribution in [0.3, 0.4) is 0 Å². The third-order valence-electron chi connectivity index (χ3n) is 9.06. The van der Waals surface area contributed by atoms with Crippen molar-refractivity contribution >= 4 is 54.9 Å². The van der Waals surface area contributed by atoms with Gasteiger partial charge in [-0.1, -0.05) is 158 Å². The van der Waals surface area contributed by atoms with Crippen LogP contribution in [-0.4, -0.2) is 23.6 Å². The summed E-state index contributed by atoms with van der Waals surface area (Å²) in [7, 11) is -3.20. The molecule has 6 aromatic rings. The molecule has 45 heavy (non-hydrogen) atoms. The van der Waals surface area contributed by atoms with E-state index in [1.807, 2.05) is 0 Å². The van der Waals surface area contributed by atoms with Crippen LogP contribution in [0.2, 0.25) is 0 Å². The highest BCUT2D eigenvalue weighted by Gasteiger charge is 2.58. The van der Waals surface area contributed by atoms with Gasteiger partial charge < -0.3 is 0 Å². The highest BCUT2D eigenvalue weighted by atomic mass is 31.2. The Morgan fingerprint density at radius 1 is 0.400 bits per heavy atom. The van der Waals surface area contributed by atoms with Crippen molar-refractivity contribution in [3.63, 3.8) is 0 Å². The molecule has 0 spiro atoms. The number of hydrogen-bond acceptors (Lipinski definition) is 0. The van der Waals surface area contributed by atoms with E-state index in [1.165, 1.54) is 31.8 Å². The van der Waals surface area contributed by atoms with Crippen molar-refractivity contribution in [1.82, 2.24) is 0 Å². The van der Waals surface area contributed by atoms with Crippen LogP contribution in [0.1, 0.15) is 13.8 Å². The molecular formula is C42H42P3+. The van der Waals surface area contributed by atoms with E-state index in [-0.39, 0.29) is 5.16 Å². The summed E-state index contributed by atoms with van der Waals surface area (Å²) in [5.41, 5.74) is 0. The van der Waals surface area contributed by atoms with Gasteiger partial charge >= 0.3 is 0 Å². The van der Waals surface area contributed by atoms with Gasteiger partial charge in [-0.25, -0.2) is 0 Å². The van der Waals surface area contributed by atoms with Crippen LogP contribution in [0.4, 0.5) is 0 Å². The zero-order chi connectivity index (χ0) is 31.0. The van der Waals surface area contributed by atoms with Crippen LogP contribution in [0.25, 0.3) is 0 Å². The largest absolute Gasteiger partial charge is 0.0997 e. The van der Waals surface area contributed by atoms with Crippen molar-refractivity contribution in [2.75, 3.05) is 18.5 Å². The van der Waals surface area contributed by atoms with Crippen molar-refractivity contribution in [2.24, 2.45) is 0 Å². The van der Waals surface area contributed by atoms with E-state index in [9.17, 15) is 0 Å². The van der Waals surface area contributed by atoms with Gasteiger partial charge in [-0.3, -0.25) is 0 Å². The zero-order valence-electron chi connectivity index (χ0n) is 26.3. The van der Waals surface area contributed by atoms with Gasteiger partial charge in [0.25, 0.3) is 0 Å². The highest BCUT2D eigenvalue weighted by Crippen LogP contribution is 2.71. The maximum atomic E-state index is 2.67. The van der Waals surface area contributed by atoms with Crippen molar-refractivity contribution in [3.05, 3.63) is 182 Å². The van der Waals surface area contributed by atoms with E-state index in [4.69, 9.17) is 0 Å². The molecule has 6 rings (SSSR count). The minimum Gasteiger partial charge on any atom is -0.0622 e. The van der Waals surface area contributed by atoms with E-state index in [1.54, 1.807) is 0 Å². The summed E-state index contributed by atoms with van der Waals surface area (Å²) >= 11 is 0. The molecule has 0 heterocycles. The monoisotopic (exact) mass is 639 g/mol. The minimum absolute atomic E-state index is 0.000764. The van der Waals surface area contributed by atoms with Gasteiger partial charge in [-0.2, -0.15) is 0 Å². The Hall–Kier alpha value is -3.39. The molecule has 0 aromatic heterocycles. The van der Waals surface area contributed by atoms with E-state index >= 15 is 0 Å². The summed E-state index contributed by atoms with van der Waals surface area (Å²) in [5.74, 6) is 0. The quantitative estimate of drug-likeness (QED) is 0.118. The third kappa shape index (κ3) is 6.76. The molecule has 0 N–H and O–H groups in total. The van der Waals surface area contributed by atoms with Crippen molar-refractivity contribution < 1.29 is 0 Å². The number of benzene rings is 6. The molecule has 0 unspecified atom stereocenters. The van der Waals surface area contributed by atoms with Crippen molar-refractivity contribution in [2.45, 2.75) is 19.0 Å². The molecule has 224 valence electrons. The summed E-state index contributed by atoms with van der Waals surface area (Å²) in [4.78, 5) is 0. The van der Waals surface area contributed by atoms with Gasteiger partial charge in [-0.15, -0.1) is 0 Å². The summed E-state index contributed by atoms with van der Waals surface area (Å²) < 4.78 is 0. The van der Waals surface area contributed by atoms with Gasteiger partial charge in [0.15, 0.2) is 0 Å². The summed E-state index contributed by atoms with van der Waals surface area (Å²) in [6.45, 7) is 5.14. The Morgan fingerprint density at radius 2 is 0.644 bits per heavy atom. The summed E-state index contributed by atoms with van der Waals surface area (Å²) in [6, 6.07) is 68.5. The first kappa shape index (κ1) is 31.6. The molecule has 0 saturated carbocycles. The molecule has 0 aliphatic rings. The van der Waals surface area contributed by atoms with Crippen LogP contribution < -0.4 is 31.8 Å². The molecule has 6 aromatic carbocycles. The van der Waals surface area contributed by atoms with E-state index in [0.29, 0.717) is 0 Å². The Bertz CT molecular complexity index is 1520. The van der Waals surface area contributed by atoms with E-state index in [0.717, 1.165) is 18.5 Å². The Morgan fingerprint density at radius 3 is 0.889 bits per heavy atom. The van der Waals surface area contributed by atoms with Gasteiger partial charge in [-0.05, 0) is 75.2 Å². The van der Waals surface area contributed by atoms with Gasteiger partial charge in [0, 0.05) is 12.3 Å². The topological polar surface area (TPSA) is 0 Å². The van der Waals surface area contributed by atoms with E-state index < -0.39 is 23.1 Å². The average Bonchev–Trinajstić information content (AvgIpc) is 3.13. The second-order valence-corrected chi connectivity index (χ2v) is 20.6. The first-order valence-electron chi connectivity index (χ1n) is 15.9. The van der Waals surface area contributed by atoms with Gasteiger partial charge in [0.2, 0.25) is 0 Å². The molecule has 0 bridgehead atoms. The predicted octanol–water partition coefficient (Wildman–Crippen LogP) is 8.70. The van der Waals surface area contributed by atoms with Gasteiger partial charge in [0.1, 0.15) is 0 Å². The average molecular weight is 640 g/mol. The standard InChI is InChI=1S/C42H42P3/c1-3-45(40-30-18-8-19-31-40,41-32-20-9-21-33-41)42(2,34-43(36-22-10-4-11-23-36)37-24-12-5-13-25-37)35-44(38-26-14-6-15-27-38)39-28-16-7-17-29-39/h4-33H,3,34-35H2,1-2H3/q+1. The molecule has 0 fully saturated rings. The third-order valence-corrected chi connectivity index (χ3v) is 20.7. The lowest BCUT2D eigenvalue weighted by molar-refractivity contribution is 0.799. The maximum absolute atomic E-state index is 2.67. The number of hydrogen-bond donors (Lipinski definition) is 0. The lowest BCUT2D eigenvalue weighted by Crippen LogP contribution is -2.48. The Labute approximate surface area is 273 Å². The first-order valence-corrected chi connectivity index (χ1v) is 20.9.